The van der Waals surface area contributed by atoms with E-state index in [9.17, 15) is 9.59 Å². The molecule has 1 atom stereocenters. The molecule has 0 aliphatic rings. The molecule has 2 amide bonds. The van der Waals surface area contributed by atoms with Crippen LogP contribution in [0.1, 0.15) is 25.8 Å². The van der Waals surface area contributed by atoms with Crippen LogP contribution in [0.5, 0.6) is 5.75 Å². The van der Waals surface area contributed by atoms with Gasteiger partial charge in [-0.05, 0) is 55.3 Å². The predicted molar refractivity (Wildman–Crippen MR) is 118 cm³/mol. The third-order valence-electron chi connectivity index (χ3n) is 4.40. The molecule has 2 aromatic rings. The number of nitrogens with one attached hydrogen (secondary N) is 1. The topological polar surface area (TPSA) is 58.6 Å². The van der Waals surface area contributed by atoms with Gasteiger partial charge in [-0.25, -0.2) is 0 Å². The first-order chi connectivity index (χ1) is 14.0. The van der Waals surface area contributed by atoms with Crippen LogP contribution in [0.4, 0.5) is 0 Å². The molecule has 0 radical (unpaired) electrons. The van der Waals surface area contributed by atoms with Gasteiger partial charge < -0.3 is 15.0 Å². The third kappa shape index (κ3) is 6.98. The van der Waals surface area contributed by atoms with Crippen LogP contribution < -0.4 is 10.1 Å². The highest BCUT2D eigenvalue weighted by atomic mass is 35.5. The second-order valence-corrected chi connectivity index (χ2v) is 7.92. The molecular formula is C22H27ClN2O3S. The molecule has 0 heterocycles. The van der Waals surface area contributed by atoms with E-state index in [1.54, 1.807) is 24.1 Å². The number of rotatable bonds is 10. The normalized spacial score (nSPS) is 11.6. The largest absolute Gasteiger partial charge is 0.497 e. The molecule has 1 N–H and O–H groups in total. The first kappa shape index (κ1) is 23.1. The molecule has 0 saturated carbocycles. The molecule has 1 unspecified atom stereocenters. The number of amides is 2. The van der Waals surface area contributed by atoms with Gasteiger partial charge in [-0.3, -0.25) is 9.59 Å². The monoisotopic (exact) mass is 434 g/mol. The molecule has 2 aromatic carbocycles. The Bertz CT molecular complexity index is 814. The average Bonchev–Trinajstić information content (AvgIpc) is 2.73. The van der Waals surface area contributed by atoms with Crippen molar-refractivity contribution in [1.82, 2.24) is 10.2 Å². The Morgan fingerprint density at radius 3 is 2.52 bits per heavy atom. The number of benzene rings is 2. The van der Waals surface area contributed by atoms with Gasteiger partial charge in [0.05, 0.1) is 12.9 Å². The van der Waals surface area contributed by atoms with E-state index in [-0.39, 0.29) is 17.6 Å². The standard InChI is InChI=1S/C22H27ClN2O3S/c1-4-20(22(27)24-5-2)25(14-16-7-6-8-18(13-16)28-3)21(26)15-29-19-11-9-17(23)10-12-19/h6-13,20H,4-5,14-15H2,1-3H3,(H,24,27). The van der Waals surface area contributed by atoms with Gasteiger partial charge in [-0.2, -0.15) is 0 Å². The minimum atomic E-state index is -0.528. The maximum absolute atomic E-state index is 13.1. The van der Waals surface area contributed by atoms with Gasteiger partial charge in [0.25, 0.3) is 0 Å². The lowest BCUT2D eigenvalue weighted by Crippen LogP contribution is -2.49. The SMILES string of the molecule is CCNC(=O)C(CC)N(Cc1cccc(OC)c1)C(=O)CSc1ccc(Cl)cc1. The molecule has 5 nitrogen and oxygen atoms in total. The molecule has 2 rings (SSSR count). The van der Waals surface area contributed by atoms with Gasteiger partial charge in [-0.15, -0.1) is 11.8 Å². The molecule has 0 aliphatic carbocycles. The number of nitrogens with zero attached hydrogens (tertiary/aromatic N) is 1. The lowest BCUT2D eigenvalue weighted by Gasteiger charge is -2.30. The number of hydrogen-bond acceptors (Lipinski definition) is 4. The van der Waals surface area contributed by atoms with Crippen LogP contribution in [-0.2, 0) is 16.1 Å². The van der Waals surface area contributed by atoms with Gasteiger partial charge in [0.1, 0.15) is 11.8 Å². The molecule has 0 aliphatic heterocycles. The number of ether oxygens (including phenoxy) is 1. The van der Waals surface area contributed by atoms with E-state index in [0.717, 1.165) is 16.2 Å². The van der Waals surface area contributed by atoms with E-state index in [0.29, 0.717) is 24.5 Å². The molecule has 7 heteroatoms. The maximum Gasteiger partial charge on any atom is 0.242 e. The fourth-order valence-corrected chi connectivity index (χ4v) is 3.85. The van der Waals surface area contributed by atoms with Gasteiger partial charge in [0.2, 0.25) is 11.8 Å². The minimum Gasteiger partial charge on any atom is -0.497 e. The number of carbonyl (C=O) groups is 2. The van der Waals surface area contributed by atoms with Crippen molar-refractivity contribution in [3.8, 4) is 5.75 Å². The van der Waals surface area contributed by atoms with Crippen molar-refractivity contribution >= 4 is 35.2 Å². The lowest BCUT2D eigenvalue weighted by atomic mass is 10.1. The Hall–Kier alpha value is -2.18. The highest BCUT2D eigenvalue weighted by Crippen LogP contribution is 2.23. The van der Waals surface area contributed by atoms with Crippen LogP contribution in [0.2, 0.25) is 5.02 Å². The van der Waals surface area contributed by atoms with Crippen molar-refractivity contribution in [2.75, 3.05) is 19.4 Å². The first-order valence-electron chi connectivity index (χ1n) is 9.56. The van der Waals surface area contributed by atoms with E-state index in [4.69, 9.17) is 16.3 Å². The molecule has 0 bridgehead atoms. The summed E-state index contributed by atoms with van der Waals surface area (Å²) in [4.78, 5) is 28.3. The van der Waals surface area contributed by atoms with E-state index in [1.807, 2.05) is 50.2 Å². The fraction of sp³-hybridized carbons (Fsp3) is 0.364. The number of likely N-dealkylation sites (N-methyl/N-ethyl adjacent to an activating group) is 1. The summed E-state index contributed by atoms with van der Waals surface area (Å²) in [5, 5.41) is 3.50. The second kappa shape index (κ2) is 11.7. The van der Waals surface area contributed by atoms with Gasteiger partial charge in [-0.1, -0.05) is 30.7 Å². The summed E-state index contributed by atoms with van der Waals surface area (Å²) in [5.41, 5.74) is 0.914. The van der Waals surface area contributed by atoms with Crippen molar-refractivity contribution in [1.29, 1.82) is 0 Å². The predicted octanol–water partition coefficient (Wildman–Crippen LogP) is 4.38. The van der Waals surface area contributed by atoms with Crippen molar-refractivity contribution in [2.45, 2.75) is 37.8 Å². The first-order valence-corrected chi connectivity index (χ1v) is 10.9. The van der Waals surface area contributed by atoms with Gasteiger partial charge in [0.15, 0.2) is 0 Å². The van der Waals surface area contributed by atoms with E-state index < -0.39 is 6.04 Å². The Kier molecular flexibility index (Phi) is 9.35. The molecule has 0 spiro atoms. The maximum atomic E-state index is 13.1. The Balaban J connectivity index is 2.20. The van der Waals surface area contributed by atoms with Crippen LogP contribution in [0.25, 0.3) is 0 Å². The summed E-state index contributed by atoms with van der Waals surface area (Å²) < 4.78 is 5.29. The fourth-order valence-electron chi connectivity index (χ4n) is 2.94. The van der Waals surface area contributed by atoms with E-state index in [1.165, 1.54) is 11.8 Å². The van der Waals surface area contributed by atoms with Crippen molar-refractivity contribution in [3.05, 3.63) is 59.1 Å². The van der Waals surface area contributed by atoms with E-state index in [2.05, 4.69) is 5.32 Å². The Labute approximate surface area is 181 Å². The third-order valence-corrected chi connectivity index (χ3v) is 5.65. The Morgan fingerprint density at radius 1 is 1.17 bits per heavy atom. The second-order valence-electron chi connectivity index (χ2n) is 6.43. The van der Waals surface area contributed by atoms with Gasteiger partial charge >= 0.3 is 0 Å². The van der Waals surface area contributed by atoms with Crippen LogP contribution in [-0.4, -0.2) is 42.2 Å². The summed E-state index contributed by atoms with van der Waals surface area (Å²) >= 11 is 7.36. The van der Waals surface area contributed by atoms with Crippen LogP contribution in [0.15, 0.2) is 53.4 Å². The number of methoxy groups -OCH3 is 1. The zero-order chi connectivity index (χ0) is 21.2. The van der Waals surface area contributed by atoms with Crippen molar-refractivity contribution < 1.29 is 14.3 Å². The van der Waals surface area contributed by atoms with Crippen LogP contribution >= 0.6 is 23.4 Å². The van der Waals surface area contributed by atoms with E-state index >= 15 is 0 Å². The molecule has 0 aromatic heterocycles. The van der Waals surface area contributed by atoms with Crippen molar-refractivity contribution in [3.63, 3.8) is 0 Å². The number of hydrogen-bond donors (Lipinski definition) is 1. The molecule has 0 saturated heterocycles. The minimum absolute atomic E-state index is 0.0918. The summed E-state index contributed by atoms with van der Waals surface area (Å²) in [5.74, 6) is 0.728. The summed E-state index contributed by atoms with van der Waals surface area (Å²) in [6.07, 6.45) is 0.535. The quantitative estimate of drug-likeness (QED) is 0.563. The number of carbonyl (C=O) groups excluding carboxylic acids is 2. The zero-order valence-corrected chi connectivity index (χ0v) is 18.6. The number of halogens is 1. The lowest BCUT2D eigenvalue weighted by molar-refractivity contribution is -0.139. The molecule has 0 fully saturated rings. The summed E-state index contributed by atoms with van der Waals surface area (Å²) in [6, 6.07) is 14.4. The average molecular weight is 435 g/mol. The van der Waals surface area contributed by atoms with Crippen LogP contribution in [0, 0.1) is 0 Å². The Morgan fingerprint density at radius 2 is 1.90 bits per heavy atom. The van der Waals surface area contributed by atoms with Crippen LogP contribution in [0.3, 0.4) is 0 Å². The molecule has 156 valence electrons. The highest BCUT2D eigenvalue weighted by molar-refractivity contribution is 8.00. The smallest absolute Gasteiger partial charge is 0.242 e. The summed E-state index contributed by atoms with van der Waals surface area (Å²) in [6.45, 7) is 4.65. The molecular weight excluding hydrogens is 408 g/mol. The zero-order valence-electron chi connectivity index (χ0n) is 17.0. The summed E-state index contributed by atoms with van der Waals surface area (Å²) in [7, 11) is 1.61. The van der Waals surface area contributed by atoms with Gasteiger partial charge in [0, 0.05) is 23.0 Å². The number of thioether (sulfide) groups is 1. The van der Waals surface area contributed by atoms with Crippen molar-refractivity contribution in [2.24, 2.45) is 0 Å². The molecule has 29 heavy (non-hydrogen) atoms. The highest BCUT2D eigenvalue weighted by Gasteiger charge is 2.28.